The number of carbonyl (C=O) groups is 1. The van der Waals surface area contributed by atoms with Gasteiger partial charge >= 0.3 is 0 Å². The van der Waals surface area contributed by atoms with Crippen molar-refractivity contribution in [3.8, 4) is 11.1 Å². The molecule has 30 heavy (non-hydrogen) atoms. The Morgan fingerprint density at radius 3 is 2.43 bits per heavy atom. The lowest BCUT2D eigenvalue weighted by Crippen LogP contribution is -2.44. The Kier molecular flexibility index (Phi) is 6.04. The SMILES string of the molecule is CS(=O)(=O)NC1CCC(C(=O)C2CCO2)[C@H]1Cc1cccc(-c2cccc(F)c2)c1. The van der Waals surface area contributed by atoms with Gasteiger partial charge in [0.25, 0.3) is 0 Å². The number of ether oxygens (including phenoxy) is 1. The molecule has 0 spiro atoms. The van der Waals surface area contributed by atoms with Crippen LogP contribution in [0.4, 0.5) is 4.39 Å². The summed E-state index contributed by atoms with van der Waals surface area (Å²) >= 11 is 0. The van der Waals surface area contributed by atoms with Crippen LogP contribution in [0, 0.1) is 17.7 Å². The number of sulfonamides is 1. The van der Waals surface area contributed by atoms with E-state index in [-0.39, 0.29) is 35.6 Å². The predicted molar refractivity (Wildman–Crippen MR) is 113 cm³/mol. The molecule has 0 amide bonds. The molecule has 0 radical (unpaired) electrons. The summed E-state index contributed by atoms with van der Waals surface area (Å²) < 4.78 is 45.5. The highest BCUT2D eigenvalue weighted by molar-refractivity contribution is 7.88. The van der Waals surface area contributed by atoms with Crippen LogP contribution in [0.2, 0.25) is 0 Å². The first-order chi connectivity index (χ1) is 14.3. The lowest BCUT2D eigenvalue weighted by atomic mass is 9.82. The normalized spacial score (nSPS) is 26.3. The van der Waals surface area contributed by atoms with Crippen molar-refractivity contribution in [2.45, 2.75) is 37.8 Å². The second-order valence-electron chi connectivity index (χ2n) is 8.31. The van der Waals surface area contributed by atoms with Crippen molar-refractivity contribution in [3.05, 3.63) is 59.9 Å². The van der Waals surface area contributed by atoms with Crippen molar-refractivity contribution < 1.29 is 22.3 Å². The molecule has 4 atom stereocenters. The minimum absolute atomic E-state index is 0.0883. The molecule has 0 bridgehead atoms. The molecule has 4 rings (SSSR count). The van der Waals surface area contributed by atoms with Gasteiger partial charge in [-0.25, -0.2) is 17.5 Å². The minimum Gasteiger partial charge on any atom is -0.370 e. The molecule has 7 heteroatoms. The van der Waals surface area contributed by atoms with E-state index in [4.69, 9.17) is 4.74 Å². The number of carbonyl (C=O) groups excluding carboxylic acids is 1. The third-order valence-corrected chi connectivity index (χ3v) is 6.86. The van der Waals surface area contributed by atoms with Crippen LogP contribution in [0.1, 0.15) is 24.8 Å². The Balaban J connectivity index is 1.59. The van der Waals surface area contributed by atoms with Crippen molar-refractivity contribution in [2.75, 3.05) is 12.9 Å². The number of rotatable bonds is 7. The maximum atomic E-state index is 13.6. The second-order valence-corrected chi connectivity index (χ2v) is 10.1. The fourth-order valence-corrected chi connectivity index (χ4v) is 5.49. The highest BCUT2D eigenvalue weighted by Crippen LogP contribution is 2.38. The first kappa shape index (κ1) is 21.2. The van der Waals surface area contributed by atoms with Crippen LogP contribution in [-0.4, -0.2) is 39.2 Å². The van der Waals surface area contributed by atoms with E-state index in [1.807, 2.05) is 30.3 Å². The molecule has 2 aromatic carbocycles. The molecule has 1 N–H and O–H groups in total. The fourth-order valence-electron chi connectivity index (χ4n) is 4.64. The number of benzene rings is 2. The highest BCUT2D eigenvalue weighted by Gasteiger charge is 2.44. The second kappa shape index (κ2) is 8.57. The Morgan fingerprint density at radius 2 is 1.80 bits per heavy atom. The Morgan fingerprint density at radius 1 is 1.10 bits per heavy atom. The Bertz CT molecular complexity index is 1040. The maximum absolute atomic E-state index is 13.6. The first-order valence-corrected chi connectivity index (χ1v) is 12.2. The molecular weight excluding hydrogens is 405 g/mol. The van der Waals surface area contributed by atoms with Gasteiger partial charge in [0.1, 0.15) is 11.9 Å². The lowest BCUT2D eigenvalue weighted by Gasteiger charge is -2.31. The van der Waals surface area contributed by atoms with Crippen LogP contribution in [0.25, 0.3) is 11.1 Å². The molecule has 0 aromatic heterocycles. The highest BCUT2D eigenvalue weighted by atomic mass is 32.2. The van der Waals surface area contributed by atoms with Crippen LogP contribution in [0.3, 0.4) is 0 Å². The summed E-state index contributed by atoms with van der Waals surface area (Å²) in [5, 5.41) is 0. The molecule has 2 aromatic rings. The third-order valence-electron chi connectivity index (χ3n) is 6.13. The molecular formula is C23H26FNO4S. The van der Waals surface area contributed by atoms with Gasteiger partial charge in [-0.1, -0.05) is 36.4 Å². The average Bonchev–Trinajstić information content (AvgIpc) is 3.01. The van der Waals surface area contributed by atoms with Gasteiger partial charge in [-0.2, -0.15) is 0 Å². The van der Waals surface area contributed by atoms with Gasteiger partial charge in [0.15, 0.2) is 5.78 Å². The van der Waals surface area contributed by atoms with Crippen LogP contribution in [-0.2, 0) is 26.0 Å². The van der Waals surface area contributed by atoms with E-state index < -0.39 is 10.0 Å². The van der Waals surface area contributed by atoms with Crippen LogP contribution < -0.4 is 4.72 Å². The largest absolute Gasteiger partial charge is 0.370 e. The van der Waals surface area contributed by atoms with Crippen molar-refractivity contribution in [1.82, 2.24) is 4.72 Å². The number of hydrogen-bond acceptors (Lipinski definition) is 4. The topological polar surface area (TPSA) is 72.5 Å². The summed E-state index contributed by atoms with van der Waals surface area (Å²) in [6.07, 6.45) is 3.39. The van der Waals surface area contributed by atoms with Gasteiger partial charge in [0.05, 0.1) is 12.9 Å². The van der Waals surface area contributed by atoms with E-state index in [9.17, 15) is 17.6 Å². The zero-order chi connectivity index (χ0) is 21.3. The van der Waals surface area contributed by atoms with E-state index in [1.54, 1.807) is 6.07 Å². The molecule has 160 valence electrons. The van der Waals surface area contributed by atoms with Crippen LogP contribution in [0.15, 0.2) is 48.5 Å². The average molecular weight is 432 g/mol. The van der Waals surface area contributed by atoms with E-state index >= 15 is 0 Å². The number of Topliss-reactive ketones (excluding diaryl/α,β-unsaturated/α-hetero) is 1. The minimum atomic E-state index is -3.38. The molecule has 1 saturated heterocycles. The standard InChI is InChI=1S/C23H26FNO4S/c1-30(27,28)25-21-9-8-19(23(26)22-10-11-29-22)20(21)13-15-4-2-5-16(12-15)17-6-3-7-18(24)14-17/h2-7,12,14,19-22,25H,8-11,13H2,1H3/t19?,20-,21?,22?/m1/s1. The van der Waals surface area contributed by atoms with Gasteiger partial charge in [-0.3, -0.25) is 4.79 Å². The Hall–Kier alpha value is -2.09. The smallest absolute Gasteiger partial charge is 0.208 e. The summed E-state index contributed by atoms with van der Waals surface area (Å²) in [5.74, 6) is -0.575. The van der Waals surface area contributed by atoms with Gasteiger partial charge in [0.2, 0.25) is 10.0 Å². The van der Waals surface area contributed by atoms with Crippen molar-refractivity contribution in [1.29, 1.82) is 0 Å². The number of nitrogens with one attached hydrogen (secondary N) is 1. The van der Waals surface area contributed by atoms with Gasteiger partial charge in [-0.05, 0) is 54.0 Å². The molecule has 2 aliphatic rings. The summed E-state index contributed by atoms with van der Waals surface area (Å²) in [7, 11) is -3.38. The van der Waals surface area contributed by atoms with Gasteiger partial charge < -0.3 is 4.74 Å². The van der Waals surface area contributed by atoms with E-state index in [0.717, 1.165) is 29.4 Å². The molecule has 3 unspecified atom stereocenters. The molecule has 1 aliphatic heterocycles. The van der Waals surface area contributed by atoms with Crippen molar-refractivity contribution >= 4 is 15.8 Å². The summed E-state index contributed by atoms with van der Waals surface area (Å²) in [6, 6.07) is 13.9. The number of hydrogen-bond donors (Lipinski definition) is 1. The van der Waals surface area contributed by atoms with Crippen LogP contribution >= 0.6 is 0 Å². The third kappa shape index (κ3) is 4.79. The van der Waals surface area contributed by atoms with Gasteiger partial charge in [0, 0.05) is 18.4 Å². The number of ketones is 1. The molecule has 5 nitrogen and oxygen atoms in total. The molecule has 1 aliphatic carbocycles. The predicted octanol–water partition coefficient (Wildman–Crippen LogP) is 3.34. The molecule has 2 fully saturated rings. The summed E-state index contributed by atoms with van der Waals surface area (Å²) in [5.41, 5.74) is 2.67. The fraction of sp³-hybridized carbons (Fsp3) is 0.435. The van der Waals surface area contributed by atoms with Crippen LogP contribution in [0.5, 0.6) is 0 Å². The maximum Gasteiger partial charge on any atom is 0.208 e. The van der Waals surface area contributed by atoms with Crippen molar-refractivity contribution in [3.63, 3.8) is 0 Å². The van der Waals surface area contributed by atoms with E-state index in [1.165, 1.54) is 12.1 Å². The summed E-state index contributed by atoms with van der Waals surface area (Å²) in [4.78, 5) is 12.9. The zero-order valence-corrected chi connectivity index (χ0v) is 17.7. The van der Waals surface area contributed by atoms with E-state index in [0.29, 0.717) is 25.9 Å². The molecule has 1 heterocycles. The van der Waals surface area contributed by atoms with Crippen molar-refractivity contribution in [2.24, 2.45) is 11.8 Å². The van der Waals surface area contributed by atoms with Gasteiger partial charge in [-0.15, -0.1) is 0 Å². The first-order valence-electron chi connectivity index (χ1n) is 10.3. The molecule has 1 saturated carbocycles. The Labute approximate surface area is 176 Å². The zero-order valence-electron chi connectivity index (χ0n) is 16.9. The lowest BCUT2D eigenvalue weighted by molar-refractivity contribution is -0.148. The quantitative estimate of drug-likeness (QED) is 0.730. The number of halogens is 1. The summed E-state index contributed by atoms with van der Waals surface area (Å²) in [6.45, 7) is 0.606. The monoisotopic (exact) mass is 431 g/mol. The van der Waals surface area contributed by atoms with E-state index in [2.05, 4.69) is 4.72 Å².